The van der Waals surface area contributed by atoms with Crippen molar-refractivity contribution in [1.29, 1.82) is 0 Å². The summed E-state index contributed by atoms with van der Waals surface area (Å²) in [4.78, 5) is 4.26. The van der Waals surface area contributed by atoms with Gasteiger partial charge in [0.15, 0.2) is 0 Å². The zero-order valence-corrected chi connectivity index (χ0v) is 12.3. The molecule has 4 heteroatoms. The Morgan fingerprint density at radius 2 is 2.30 bits per heavy atom. The Morgan fingerprint density at radius 3 is 3.10 bits per heavy atom. The largest absolute Gasteiger partial charge is 0.481 e. The molecule has 1 saturated heterocycles. The predicted octanol–water partition coefficient (Wildman–Crippen LogP) is 2.10. The molecule has 1 aromatic rings. The second-order valence-electron chi connectivity index (χ2n) is 5.96. The molecule has 4 nitrogen and oxygen atoms in total. The molecule has 110 valence electrons. The van der Waals surface area contributed by atoms with Crippen LogP contribution in [0.25, 0.3) is 0 Å². The first-order valence-electron chi connectivity index (χ1n) is 7.83. The Balaban J connectivity index is 1.59. The van der Waals surface area contributed by atoms with E-state index in [4.69, 9.17) is 4.74 Å². The van der Waals surface area contributed by atoms with Gasteiger partial charge in [0, 0.05) is 30.4 Å². The zero-order chi connectivity index (χ0) is 13.8. The summed E-state index contributed by atoms with van der Waals surface area (Å²) in [7, 11) is 1.69. The highest BCUT2D eigenvalue weighted by atomic mass is 16.5. The summed E-state index contributed by atoms with van der Waals surface area (Å²) in [6, 6.07) is 5.43. The van der Waals surface area contributed by atoms with Crippen LogP contribution in [-0.4, -0.2) is 30.7 Å². The quantitative estimate of drug-likeness (QED) is 0.864. The summed E-state index contributed by atoms with van der Waals surface area (Å²) < 4.78 is 5.32. The van der Waals surface area contributed by atoms with Crippen LogP contribution in [0.1, 0.15) is 37.7 Å². The van der Waals surface area contributed by atoms with Gasteiger partial charge in [0.25, 0.3) is 0 Å². The molecule has 0 radical (unpaired) electrons. The second kappa shape index (κ2) is 6.55. The highest BCUT2D eigenvalue weighted by Crippen LogP contribution is 2.32. The third-order valence-corrected chi connectivity index (χ3v) is 4.78. The molecule has 2 N–H and O–H groups in total. The van der Waals surface area contributed by atoms with Gasteiger partial charge in [0.1, 0.15) is 0 Å². The van der Waals surface area contributed by atoms with E-state index in [0.717, 1.165) is 29.9 Å². The SMILES string of the molecule is COc1ncccc1CNC1CCCC1C1CCCN1. The van der Waals surface area contributed by atoms with Gasteiger partial charge in [-0.3, -0.25) is 0 Å². The molecule has 0 amide bonds. The third-order valence-electron chi connectivity index (χ3n) is 4.78. The second-order valence-corrected chi connectivity index (χ2v) is 5.96. The molecular weight excluding hydrogens is 250 g/mol. The van der Waals surface area contributed by atoms with Crippen LogP contribution in [0, 0.1) is 5.92 Å². The van der Waals surface area contributed by atoms with Gasteiger partial charge in [-0.15, -0.1) is 0 Å². The average molecular weight is 275 g/mol. The number of hydrogen-bond donors (Lipinski definition) is 2. The molecule has 3 atom stereocenters. The summed E-state index contributed by atoms with van der Waals surface area (Å²) in [5, 5.41) is 7.41. The van der Waals surface area contributed by atoms with Crippen LogP contribution in [0.3, 0.4) is 0 Å². The highest BCUT2D eigenvalue weighted by molar-refractivity contribution is 5.25. The van der Waals surface area contributed by atoms with E-state index >= 15 is 0 Å². The summed E-state index contributed by atoms with van der Waals surface area (Å²) in [6.45, 7) is 2.05. The number of hydrogen-bond acceptors (Lipinski definition) is 4. The van der Waals surface area contributed by atoms with E-state index in [1.807, 2.05) is 6.07 Å². The minimum absolute atomic E-state index is 0.635. The maximum Gasteiger partial charge on any atom is 0.217 e. The van der Waals surface area contributed by atoms with Crippen molar-refractivity contribution in [2.75, 3.05) is 13.7 Å². The van der Waals surface area contributed by atoms with Crippen molar-refractivity contribution >= 4 is 0 Å². The van der Waals surface area contributed by atoms with E-state index in [0.29, 0.717) is 6.04 Å². The number of pyridine rings is 1. The van der Waals surface area contributed by atoms with Crippen molar-refractivity contribution in [2.24, 2.45) is 5.92 Å². The van der Waals surface area contributed by atoms with Crippen LogP contribution >= 0.6 is 0 Å². The fraction of sp³-hybridized carbons (Fsp3) is 0.688. The number of ether oxygens (including phenoxy) is 1. The number of aromatic nitrogens is 1. The lowest BCUT2D eigenvalue weighted by Crippen LogP contribution is -2.41. The molecule has 1 aliphatic heterocycles. The lowest BCUT2D eigenvalue weighted by atomic mass is 9.93. The smallest absolute Gasteiger partial charge is 0.217 e. The topological polar surface area (TPSA) is 46.2 Å². The monoisotopic (exact) mass is 275 g/mol. The van der Waals surface area contributed by atoms with Crippen LogP contribution in [0.4, 0.5) is 0 Å². The van der Waals surface area contributed by atoms with E-state index in [-0.39, 0.29) is 0 Å². The van der Waals surface area contributed by atoms with Crippen molar-refractivity contribution in [2.45, 2.75) is 50.7 Å². The van der Waals surface area contributed by atoms with Gasteiger partial charge in [-0.05, 0) is 44.2 Å². The van der Waals surface area contributed by atoms with Gasteiger partial charge in [0.05, 0.1) is 7.11 Å². The van der Waals surface area contributed by atoms with Gasteiger partial charge < -0.3 is 15.4 Å². The van der Waals surface area contributed by atoms with Gasteiger partial charge in [-0.1, -0.05) is 12.5 Å². The van der Waals surface area contributed by atoms with Crippen LogP contribution < -0.4 is 15.4 Å². The molecule has 0 bridgehead atoms. The fourth-order valence-electron chi connectivity index (χ4n) is 3.78. The van der Waals surface area contributed by atoms with Gasteiger partial charge in [-0.25, -0.2) is 4.98 Å². The van der Waals surface area contributed by atoms with Crippen molar-refractivity contribution in [1.82, 2.24) is 15.6 Å². The molecule has 0 spiro atoms. The lowest BCUT2D eigenvalue weighted by Gasteiger charge is -2.26. The van der Waals surface area contributed by atoms with Crippen LogP contribution in [0.5, 0.6) is 5.88 Å². The van der Waals surface area contributed by atoms with Crippen LogP contribution in [0.15, 0.2) is 18.3 Å². The maximum absolute atomic E-state index is 5.32. The van der Waals surface area contributed by atoms with Crippen molar-refractivity contribution < 1.29 is 4.74 Å². The number of nitrogens with one attached hydrogen (secondary N) is 2. The Labute approximate surface area is 121 Å². The standard InChI is InChI=1S/C16H25N3O/c1-20-16-12(5-3-10-18-16)11-19-15-7-2-6-13(15)14-8-4-9-17-14/h3,5,10,13-15,17,19H,2,4,6-9,11H2,1H3. The van der Waals surface area contributed by atoms with Gasteiger partial charge >= 0.3 is 0 Å². The van der Waals surface area contributed by atoms with Crippen LogP contribution in [0.2, 0.25) is 0 Å². The van der Waals surface area contributed by atoms with E-state index in [9.17, 15) is 0 Å². The highest BCUT2D eigenvalue weighted by Gasteiger charge is 2.34. The molecule has 20 heavy (non-hydrogen) atoms. The third kappa shape index (κ3) is 2.96. The van der Waals surface area contributed by atoms with E-state index in [2.05, 4.69) is 21.7 Å². The molecule has 2 aliphatic rings. The normalized spacial score (nSPS) is 29.8. The Kier molecular flexibility index (Phi) is 4.53. The van der Waals surface area contributed by atoms with Crippen molar-refractivity contribution in [3.05, 3.63) is 23.9 Å². The van der Waals surface area contributed by atoms with E-state index in [1.54, 1.807) is 13.3 Å². The number of methoxy groups -OCH3 is 1. The summed E-state index contributed by atoms with van der Waals surface area (Å²) in [5.74, 6) is 1.54. The van der Waals surface area contributed by atoms with Crippen molar-refractivity contribution in [3.8, 4) is 5.88 Å². The molecular formula is C16H25N3O. The van der Waals surface area contributed by atoms with Gasteiger partial charge in [0.2, 0.25) is 5.88 Å². The van der Waals surface area contributed by atoms with E-state index in [1.165, 1.54) is 38.6 Å². The summed E-state index contributed by atoms with van der Waals surface area (Å²) in [5.41, 5.74) is 1.15. The Hall–Kier alpha value is -1.13. The molecule has 0 aromatic carbocycles. The maximum atomic E-state index is 5.32. The Morgan fingerprint density at radius 1 is 1.35 bits per heavy atom. The first-order valence-corrected chi connectivity index (χ1v) is 7.83. The Bertz CT molecular complexity index is 431. The van der Waals surface area contributed by atoms with Crippen molar-refractivity contribution in [3.63, 3.8) is 0 Å². The molecule has 3 unspecified atom stereocenters. The zero-order valence-electron chi connectivity index (χ0n) is 12.3. The minimum Gasteiger partial charge on any atom is -0.481 e. The van der Waals surface area contributed by atoms with Gasteiger partial charge in [-0.2, -0.15) is 0 Å². The predicted molar refractivity (Wildman–Crippen MR) is 79.8 cm³/mol. The average Bonchev–Trinajstić information content (AvgIpc) is 3.15. The van der Waals surface area contributed by atoms with Crippen LogP contribution in [-0.2, 0) is 6.54 Å². The summed E-state index contributed by atoms with van der Waals surface area (Å²) in [6.07, 6.45) is 8.47. The first kappa shape index (κ1) is 13.8. The molecule has 1 saturated carbocycles. The molecule has 1 aliphatic carbocycles. The fourth-order valence-corrected chi connectivity index (χ4v) is 3.78. The van der Waals surface area contributed by atoms with E-state index < -0.39 is 0 Å². The molecule has 1 aromatic heterocycles. The number of rotatable bonds is 5. The minimum atomic E-state index is 0.635. The molecule has 2 heterocycles. The molecule has 2 fully saturated rings. The molecule has 3 rings (SSSR count). The number of nitrogens with zero attached hydrogens (tertiary/aromatic N) is 1. The first-order chi connectivity index (χ1) is 9.88. The summed E-state index contributed by atoms with van der Waals surface area (Å²) >= 11 is 0. The lowest BCUT2D eigenvalue weighted by molar-refractivity contribution is 0.317.